The summed E-state index contributed by atoms with van der Waals surface area (Å²) in [5.41, 5.74) is 12.1. The topological polar surface area (TPSA) is 102 Å². The van der Waals surface area contributed by atoms with Gasteiger partial charge >= 0.3 is 0 Å². The number of aliphatic imine (C=N–C) groups is 1. The van der Waals surface area contributed by atoms with Crippen molar-refractivity contribution in [3.63, 3.8) is 0 Å². The predicted molar refractivity (Wildman–Crippen MR) is 159 cm³/mol. The summed E-state index contributed by atoms with van der Waals surface area (Å²) in [6.45, 7) is 2.79. The summed E-state index contributed by atoms with van der Waals surface area (Å²) in [6, 6.07) is 6.01. The number of carbonyl (C=O) groups excluding carboxylic acids is 1. The van der Waals surface area contributed by atoms with Crippen molar-refractivity contribution >= 4 is 76.4 Å². The van der Waals surface area contributed by atoms with E-state index >= 15 is 0 Å². The van der Waals surface area contributed by atoms with E-state index in [1.54, 1.807) is 6.33 Å². The number of rotatable bonds is 7. The summed E-state index contributed by atoms with van der Waals surface area (Å²) >= 11 is 7.70. The fraction of sp³-hybridized carbons (Fsp3) is 0.250. The number of amides is 1. The van der Waals surface area contributed by atoms with Crippen LogP contribution < -0.4 is 11.1 Å². The molecule has 0 unspecified atom stereocenters. The van der Waals surface area contributed by atoms with Gasteiger partial charge in [-0.25, -0.2) is 9.97 Å². The summed E-state index contributed by atoms with van der Waals surface area (Å²) in [7, 11) is 0. The Morgan fingerprint density at radius 2 is 2.11 bits per heavy atom. The smallest absolute Gasteiger partial charge is 0.254 e. The molecule has 4 heterocycles. The average molecular weight is 760 g/mol. The van der Waals surface area contributed by atoms with Gasteiger partial charge in [-0.1, -0.05) is 15.9 Å². The lowest BCUT2D eigenvalue weighted by molar-refractivity contribution is -0.117. The maximum atomic E-state index is 12.6. The predicted octanol–water partition coefficient (Wildman–Crippen LogP) is 5.43. The Morgan fingerprint density at radius 1 is 1.31 bits per heavy atom. The van der Waals surface area contributed by atoms with Crippen LogP contribution in [0.4, 0.5) is 0 Å². The van der Waals surface area contributed by atoms with Gasteiger partial charge in [0.15, 0.2) is 0 Å². The Labute approximate surface area is 234 Å². The van der Waals surface area contributed by atoms with Gasteiger partial charge in [0.2, 0.25) is 0 Å². The largest absolute Gasteiger partial charge is 0.404 e. The molecule has 35 heavy (non-hydrogen) atoms. The lowest BCUT2D eigenvalue weighted by Gasteiger charge is -2.04. The maximum absolute atomic E-state index is 12.6. The van der Waals surface area contributed by atoms with Crippen LogP contribution >= 0.6 is 53.2 Å². The van der Waals surface area contributed by atoms with Gasteiger partial charge in [-0.05, 0) is 55.0 Å². The summed E-state index contributed by atoms with van der Waals surface area (Å²) in [5.74, 6) is 0.382. The zero-order chi connectivity index (χ0) is 24.9. The number of aryl methyl sites for hydroxylation is 1. The molecule has 1 saturated carbocycles. The number of hydrogen-bond donors (Lipinski definition) is 2. The zero-order valence-corrected chi connectivity index (χ0v) is 24.9. The van der Waals surface area contributed by atoms with Gasteiger partial charge in [0, 0.05) is 72.7 Å². The van der Waals surface area contributed by atoms with E-state index in [-0.39, 0.29) is 18.0 Å². The second-order valence-electron chi connectivity index (χ2n) is 8.29. The fourth-order valence-corrected chi connectivity index (χ4v) is 4.27. The van der Waals surface area contributed by atoms with Gasteiger partial charge in [-0.2, -0.15) is 0 Å². The van der Waals surface area contributed by atoms with Crippen LogP contribution in [0.25, 0.3) is 11.2 Å². The second-order valence-corrected chi connectivity index (χ2v) is 9.20. The van der Waals surface area contributed by atoms with Crippen molar-refractivity contribution in [2.45, 2.75) is 38.8 Å². The van der Waals surface area contributed by atoms with Crippen molar-refractivity contribution in [3.05, 3.63) is 81.9 Å². The number of halogens is 3. The molecule has 1 aliphatic rings. The molecule has 5 rings (SSSR count). The number of pyridine rings is 2. The summed E-state index contributed by atoms with van der Waals surface area (Å²) in [6.07, 6.45) is 13.1. The Kier molecular flexibility index (Phi) is 8.81. The van der Waals surface area contributed by atoms with Crippen LogP contribution in [-0.4, -0.2) is 30.9 Å². The van der Waals surface area contributed by atoms with Crippen molar-refractivity contribution < 1.29 is 4.79 Å². The van der Waals surface area contributed by atoms with Gasteiger partial charge in [-0.3, -0.25) is 9.79 Å². The Morgan fingerprint density at radius 3 is 2.86 bits per heavy atom. The standard InChI is InChI=1S/C24H24BrN7O.I2/c1-15-6-23-30-19(12-32(23)13-20(15)16-2-3-16)10-27-9-17(8-26)24(33)28-11-21-22-7-18(25)4-5-31(22)14-29-21;1-2/h4-9,12-14,16H,2-3,10-11,26H2,1H3,(H,28,33);/b17-8+,27-9?;. The molecule has 0 saturated heterocycles. The number of carbonyl (C=O) groups is 1. The highest BCUT2D eigenvalue weighted by Crippen LogP contribution is 2.41. The quantitative estimate of drug-likeness (QED) is 0.149. The fourth-order valence-electron chi connectivity index (χ4n) is 3.93. The van der Waals surface area contributed by atoms with Crippen molar-refractivity contribution in [3.8, 4) is 0 Å². The molecular formula is C24H24BrI2N7O. The van der Waals surface area contributed by atoms with Gasteiger partial charge in [0.05, 0.1) is 41.9 Å². The summed E-state index contributed by atoms with van der Waals surface area (Å²) in [5, 5.41) is 2.86. The van der Waals surface area contributed by atoms with Crippen LogP contribution in [0.15, 0.2) is 64.4 Å². The monoisotopic (exact) mass is 759 g/mol. The number of hydrogen-bond acceptors (Lipinski definition) is 5. The van der Waals surface area contributed by atoms with E-state index in [0.717, 1.165) is 27.0 Å². The van der Waals surface area contributed by atoms with Crippen LogP contribution in [0.1, 0.15) is 41.3 Å². The second kappa shape index (κ2) is 11.8. The van der Waals surface area contributed by atoms with E-state index in [4.69, 9.17) is 5.73 Å². The van der Waals surface area contributed by atoms with E-state index in [9.17, 15) is 4.79 Å². The number of aromatic nitrogens is 4. The summed E-state index contributed by atoms with van der Waals surface area (Å²) < 4.78 is 4.91. The maximum Gasteiger partial charge on any atom is 0.254 e. The SMILES string of the molecule is Cc1cc2nc(CN=C/C(=C\N)C(=O)NCc3ncn4ccc(Br)cc34)cn2cc1C1CC1.II. The van der Waals surface area contributed by atoms with Gasteiger partial charge in [-0.15, -0.1) is 0 Å². The van der Waals surface area contributed by atoms with Crippen molar-refractivity contribution in [2.24, 2.45) is 10.7 Å². The number of nitrogens with two attached hydrogens (primary N) is 1. The van der Waals surface area contributed by atoms with Crippen molar-refractivity contribution in [1.82, 2.24) is 24.1 Å². The van der Waals surface area contributed by atoms with Gasteiger partial charge < -0.3 is 19.9 Å². The van der Waals surface area contributed by atoms with E-state index < -0.39 is 0 Å². The normalized spacial score (nSPS) is 13.9. The Hall–Kier alpha value is -2.00. The van der Waals surface area contributed by atoms with Gasteiger partial charge in [0.1, 0.15) is 5.65 Å². The molecule has 1 fully saturated rings. The molecule has 0 spiro atoms. The number of nitrogens with zero attached hydrogens (tertiary/aromatic N) is 5. The average Bonchev–Trinajstić information content (AvgIpc) is 3.51. The minimum absolute atomic E-state index is 0.284. The number of nitrogens with one attached hydrogen (secondary N) is 1. The molecule has 182 valence electrons. The molecule has 0 radical (unpaired) electrons. The third-order valence-electron chi connectivity index (χ3n) is 5.83. The van der Waals surface area contributed by atoms with Crippen LogP contribution in [0.2, 0.25) is 0 Å². The first kappa shape index (κ1) is 26.1. The highest BCUT2D eigenvalue weighted by atomic mass is 128. The lowest BCUT2D eigenvalue weighted by Crippen LogP contribution is -2.26. The molecular weight excluding hydrogens is 736 g/mol. The first-order chi connectivity index (χ1) is 17.0. The molecule has 8 nitrogen and oxygen atoms in total. The third kappa shape index (κ3) is 6.23. The molecule has 3 N–H and O–H groups in total. The molecule has 4 aromatic rings. The molecule has 0 atom stereocenters. The van der Waals surface area contributed by atoms with E-state index in [1.165, 1.54) is 36.4 Å². The molecule has 0 aromatic carbocycles. The van der Waals surface area contributed by atoms with Gasteiger partial charge in [0.25, 0.3) is 5.91 Å². The minimum Gasteiger partial charge on any atom is -0.404 e. The zero-order valence-electron chi connectivity index (χ0n) is 19.0. The highest BCUT2D eigenvalue weighted by molar-refractivity contribution is 15.0. The number of fused-ring (bicyclic) bond motifs is 2. The molecule has 1 aliphatic carbocycles. The van der Waals surface area contributed by atoms with Crippen molar-refractivity contribution in [2.75, 3.05) is 0 Å². The van der Waals surface area contributed by atoms with Crippen LogP contribution in [0.3, 0.4) is 0 Å². The molecule has 11 heteroatoms. The molecule has 0 aliphatic heterocycles. The van der Waals surface area contributed by atoms with E-state index in [2.05, 4.69) is 97.0 Å². The first-order valence-electron chi connectivity index (χ1n) is 10.9. The van der Waals surface area contributed by atoms with E-state index in [0.29, 0.717) is 12.5 Å². The van der Waals surface area contributed by atoms with Crippen LogP contribution in [0, 0.1) is 6.92 Å². The summed E-state index contributed by atoms with van der Waals surface area (Å²) in [4.78, 5) is 26.0. The van der Waals surface area contributed by atoms with Crippen LogP contribution in [-0.2, 0) is 17.9 Å². The molecule has 1 amide bonds. The van der Waals surface area contributed by atoms with Crippen molar-refractivity contribution in [1.29, 1.82) is 0 Å². The molecule has 0 bridgehead atoms. The lowest BCUT2D eigenvalue weighted by atomic mass is 10.1. The molecule has 4 aromatic heterocycles. The van der Waals surface area contributed by atoms with E-state index in [1.807, 2.05) is 28.9 Å². The Balaban J connectivity index is 0.00000141. The Bertz CT molecular complexity index is 1420. The first-order valence-corrected chi connectivity index (χ1v) is 18.0. The minimum atomic E-state index is -0.308. The van der Waals surface area contributed by atoms with Crippen LogP contribution in [0.5, 0.6) is 0 Å². The number of imidazole rings is 2. The third-order valence-corrected chi connectivity index (χ3v) is 6.32. The highest BCUT2D eigenvalue weighted by Gasteiger charge is 2.25.